The quantitative estimate of drug-likeness (QED) is 0.368. The SMILES string of the molecule is OC[C@@H]1O[C@@H](O)[C@@H](O)[C@@H](O)[C@H]1F. The zero-order valence-corrected chi connectivity index (χ0v) is 6.17. The Balaban J connectivity index is 2.63. The van der Waals surface area contributed by atoms with E-state index in [4.69, 9.17) is 20.4 Å². The van der Waals surface area contributed by atoms with Crippen molar-refractivity contribution in [3.8, 4) is 0 Å². The number of hydrogen-bond acceptors (Lipinski definition) is 5. The highest BCUT2D eigenvalue weighted by Gasteiger charge is 2.43. The molecule has 0 unspecified atom stereocenters. The topological polar surface area (TPSA) is 90.2 Å². The van der Waals surface area contributed by atoms with E-state index in [0.717, 1.165) is 0 Å². The minimum Gasteiger partial charge on any atom is -0.394 e. The molecule has 1 rings (SSSR count). The molecule has 12 heavy (non-hydrogen) atoms. The summed E-state index contributed by atoms with van der Waals surface area (Å²) in [7, 11) is 0. The summed E-state index contributed by atoms with van der Waals surface area (Å²) >= 11 is 0. The molecule has 0 spiro atoms. The molecular formula is C6H11FO5. The van der Waals surface area contributed by atoms with E-state index in [2.05, 4.69) is 4.74 Å². The minimum absolute atomic E-state index is 0.651. The summed E-state index contributed by atoms with van der Waals surface area (Å²) in [5.41, 5.74) is 0. The second-order valence-electron chi connectivity index (χ2n) is 2.67. The van der Waals surface area contributed by atoms with Gasteiger partial charge in [0.25, 0.3) is 0 Å². The second kappa shape index (κ2) is 3.63. The van der Waals surface area contributed by atoms with Gasteiger partial charge in [-0.1, -0.05) is 0 Å². The monoisotopic (exact) mass is 182 g/mol. The van der Waals surface area contributed by atoms with Crippen molar-refractivity contribution in [2.45, 2.75) is 30.8 Å². The molecule has 1 aliphatic rings. The molecule has 0 saturated carbocycles. The van der Waals surface area contributed by atoms with Crippen molar-refractivity contribution in [1.82, 2.24) is 0 Å². The smallest absolute Gasteiger partial charge is 0.184 e. The number of rotatable bonds is 1. The number of aliphatic hydroxyl groups is 4. The first kappa shape index (κ1) is 9.82. The van der Waals surface area contributed by atoms with E-state index in [9.17, 15) is 4.39 Å². The molecular weight excluding hydrogens is 171 g/mol. The Kier molecular flexibility index (Phi) is 2.97. The standard InChI is InChI=1S/C6H11FO5/c7-3-2(1-8)12-6(11)5(10)4(3)9/h2-6,8-11H,1H2/t2-,3-,4-,5-,6+/m0/s1. The summed E-state index contributed by atoms with van der Waals surface area (Å²) in [6.07, 6.45) is -8.19. The molecule has 6 heteroatoms. The summed E-state index contributed by atoms with van der Waals surface area (Å²) in [4.78, 5) is 0. The molecule has 72 valence electrons. The van der Waals surface area contributed by atoms with Crippen molar-refractivity contribution < 1.29 is 29.6 Å². The highest BCUT2D eigenvalue weighted by molar-refractivity contribution is 4.88. The van der Waals surface area contributed by atoms with Crippen molar-refractivity contribution in [3.63, 3.8) is 0 Å². The maximum atomic E-state index is 12.9. The largest absolute Gasteiger partial charge is 0.394 e. The second-order valence-corrected chi connectivity index (χ2v) is 2.67. The van der Waals surface area contributed by atoms with Gasteiger partial charge in [0.05, 0.1) is 6.61 Å². The van der Waals surface area contributed by atoms with Crippen molar-refractivity contribution in [1.29, 1.82) is 0 Å². The Labute approximate surface area is 68.0 Å². The molecule has 0 radical (unpaired) electrons. The van der Waals surface area contributed by atoms with Gasteiger partial charge in [-0.2, -0.15) is 0 Å². The van der Waals surface area contributed by atoms with Crippen LogP contribution in [0.25, 0.3) is 0 Å². The molecule has 4 N–H and O–H groups in total. The van der Waals surface area contributed by atoms with Gasteiger partial charge < -0.3 is 25.2 Å². The van der Waals surface area contributed by atoms with E-state index >= 15 is 0 Å². The average molecular weight is 182 g/mol. The summed E-state index contributed by atoms with van der Waals surface area (Å²) in [6.45, 7) is -0.651. The lowest BCUT2D eigenvalue weighted by Crippen LogP contribution is -2.56. The minimum atomic E-state index is -1.88. The molecule has 0 amide bonds. The number of halogens is 1. The third-order valence-electron chi connectivity index (χ3n) is 1.82. The first-order valence-electron chi connectivity index (χ1n) is 3.52. The Hall–Kier alpha value is -0.270. The fourth-order valence-electron chi connectivity index (χ4n) is 1.06. The van der Waals surface area contributed by atoms with Gasteiger partial charge in [-0.25, -0.2) is 4.39 Å². The van der Waals surface area contributed by atoms with Gasteiger partial charge in [0.1, 0.15) is 18.3 Å². The van der Waals surface area contributed by atoms with Gasteiger partial charge in [-0.3, -0.25) is 0 Å². The van der Waals surface area contributed by atoms with Crippen LogP contribution in [0, 0.1) is 0 Å². The van der Waals surface area contributed by atoms with Crippen molar-refractivity contribution in [2.75, 3.05) is 6.61 Å². The Bertz CT molecular complexity index is 150. The highest BCUT2D eigenvalue weighted by atomic mass is 19.1. The molecule has 0 bridgehead atoms. The van der Waals surface area contributed by atoms with Crippen molar-refractivity contribution in [2.24, 2.45) is 0 Å². The van der Waals surface area contributed by atoms with Crippen molar-refractivity contribution in [3.05, 3.63) is 0 Å². The van der Waals surface area contributed by atoms with Crippen LogP contribution in [0.15, 0.2) is 0 Å². The van der Waals surface area contributed by atoms with Crippen LogP contribution in [0.2, 0.25) is 0 Å². The lowest BCUT2D eigenvalue weighted by molar-refractivity contribution is -0.274. The summed E-state index contributed by atoms with van der Waals surface area (Å²) in [6, 6.07) is 0. The van der Waals surface area contributed by atoms with Crippen LogP contribution in [0.4, 0.5) is 4.39 Å². The van der Waals surface area contributed by atoms with E-state index in [1.807, 2.05) is 0 Å². The van der Waals surface area contributed by atoms with E-state index in [0.29, 0.717) is 0 Å². The number of hydrogen-bond donors (Lipinski definition) is 4. The van der Waals surface area contributed by atoms with Crippen LogP contribution in [-0.2, 0) is 4.74 Å². The average Bonchev–Trinajstić information content (AvgIpc) is 2.08. The zero-order valence-electron chi connectivity index (χ0n) is 6.17. The van der Waals surface area contributed by atoms with Gasteiger partial charge in [0.15, 0.2) is 12.5 Å². The molecule has 5 nitrogen and oxygen atoms in total. The van der Waals surface area contributed by atoms with Gasteiger partial charge in [0.2, 0.25) is 0 Å². The fraction of sp³-hybridized carbons (Fsp3) is 1.00. The molecule has 0 aromatic heterocycles. The van der Waals surface area contributed by atoms with Crippen LogP contribution in [0.1, 0.15) is 0 Å². The maximum absolute atomic E-state index is 12.9. The molecule has 1 aliphatic heterocycles. The predicted octanol–water partition coefficient (Wildman–Crippen LogP) is -2.24. The van der Waals surface area contributed by atoms with Crippen LogP contribution in [-0.4, -0.2) is 57.8 Å². The normalized spacial score (nSPS) is 49.2. The molecule has 5 atom stereocenters. The van der Waals surface area contributed by atoms with E-state index in [1.165, 1.54) is 0 Å². The van der Waals surface area contributed by atoms with Crippen LogP contribution < -0.4 is 0 Å². The summed E-state index contributed by atoms with van der Waals surface area (Å²) in [5, 5.41) is 35.2. The van der Waals surface area contributed by atoms with E-state index in [-0.39, 0.29) is 0 Å². The zero-order chi connectivity index (χ0) is 9.30. The number of aliphatic hydroxyl groups excluding tert-OH is 4. The Morgan fingerprint density at radius 3 is 2.25 bits per heavy atom. The lowest BCUT2D eigenvalue weighted by atomic mass is 10.0. The highest BCUT2D eigenvalue weighted by Crippen LogP contribution is 2.21. The van der Waals surface area contributed by atoms with Gasteiger partial charge in [-0.05, 0) is 0 Å². The molecule has 1 heterocycles. The first-order chi connectivity index (χ1) is 5.57. The van der Waals surface area contributed by atoms with Crippen LogP contribution >= 0.6 is 0 Å². The molecule has 0 aromatic carbocycles. The van der Waals surface area contributed by atoms with Gasteiger partial charge in [0, 0.05) is 0 Å². The lowest BCUT2D eigenvalue weighted by Gasteiger charge is -2.36. The molecule has 0 aliphatic carbocycles. The summed E-state index contributed by atoms with van der Waals surface area (Å²) in [5.74, 6) is 0. The molecule has 1 saturated heterocycles. The maximum Gasteiger partial charge on any atom is 0.184 e. The predicted molar refractivity (Wildman–Crippen MR) is 34.9 cm³/mol. The molecule has 0 aromatic rings. The first-order valence-corrected chi connectivity index (χ1v) is 3.52. The van der Waals surface area contributed by atoms with Crippen molar-refractivity contribution >= 4 is 0 Å². The Morgan fingerprint density at radius 2 is 1.75 bits per heavy atom. The van der Waals surface area contributed by atoms with E-state index in [1.54, 1.807) is 0 Å². The Morgan fingerprint density at radius 1 is 1.17 bits per heavy atom. The van der Waals surface area contributed by atoms with Gasteiger partial charge >= 0.3 is 0 Å². The number of ether oxygens (including phenoxy) is 1. The summed E-state index contributed by atoms with van der Waals surface area (Å²) < 4.78 is 17.3. The van der Waals surface area contributed by atoms with E-state index < -0.39 is 37.4 Å². The third kappa shape index (κ3) is 1.57. The van der Waals surface area contributed by atoms with Gasteiger partial charge in [-0.15, -0.1) is 0 Å². The third-order valence-corrected chi connectivity index (χ3v) is 1.82. The van der Waals surface area contributed by atoms with Crippen LogP contribution in [0.5, 0.6) is 0 Å². The fourth-order valence-corrected chi connectivity index (χ4v) is 1.06. The molecule has 1 fully saturated rings. The van der Waals surface area contributed by atoms with Crippen LogP contribution in [0.3, 0.4) is 0 Å². The number of alkyl halides is 1.